The molecule has 1 aromatic rings. The molecule has 0 amide bonds. The Morgan fingerprint density at radius 1 is 1.30 bits per heavy atom. The molecule has 0 aliphatic heterocycles. The van der Waals surface area contributed by atoms with E-state index in [1.165, 1.54) is 13.2 Å². The van der Waals surface area contributed by atoms with Gasteiger partial charge in [0.25, 0.3) is 0 Å². The normalized spacial score (nSPS) is 13.5. The second kappa shape index (κ2) is 7.06. The maximum Gasteiger partial charge on any atom is 0.244 e. The Balaban J connectivity index is 3.03. The van der Waals surface area contributed by atoms with E-state index >= 15 is 0 Å². The zero-order valence-electron chi connectivity index (χ0n) is 12.5. The molecule has 0 aliphatic carbocycles. The van der Waals surface area contributed by atoms with Gasteiger partial charge in [0.15, 0.2) is 0 Å². The highest BCUT2D eigenvalue weighted by molar-refractivity contribution is 7.89. The molecule has 6 heteroatoms. The quantitative estimate of drug-likeness (QED) is 0.805. The lowest BCUT2D eigenvalue weighted by Crippen LogP contribution is -2.33. The highest BCUT2D eigenvalue weighted by atomic mass is 32.2. The lowest BCUT2D eigenvalue weighted by atomic mass is 10.1. The van der Waals surface area contributed by atoms with E-state index in [4.69, 9.17) is 10.5 Å². The van der Waals surface area contributed by atoms with Crippen LogP contribution in [-0.4, -0.2) is 21.6 Å². The van der Waals surface area contributed by atoms with Crippen LogP contribution in [0.1, 0.15) is 32.8 Å². The Kier molecular flexibility index (Phi) is 5.98. The number of nitrogens with one attached hydrogen (secondary N) is 1. The molecule has 5 nitrogen and oxygen atoms in total. The fourth-order valence-corrected chi connectivity index (χ4v) is 3.55. The first kappa shape index (κ1) is 16.9. The van der Waals surface area contributed by atoms with Gasteiger partial charge in [0.05, 0.1) is 7.11 Å². The van der Waals surface area contributed by atoms with Crippen molar-refractivity contribution in [2.45, 2.75) is 44.7 Å². The summed E-state index contributed by atoms with van der Waals surface area (Å²) >= 11 is 0. The van der Waals surface area contributed by atoms with Crippen LogP contribution in [-0.2, 0) is 16.6 Å². The van der Waals surface area contributed by atoms with Crippen molar-refractivity contribution in [3.05, 3.63) is 23.8 Å². The SMILES string of the molecule is COc1cc(CN)ccc1S(=O)(=O)NC(C)CC(C)C. The number of methoxy groups -OCH3 is 1. The van der Waals surface area contributed by atoms with E-state index in [1.54, 1.807) is 12.1 Å². The van der Waals surface area contributed by atoms with Gasteiger partial charge in [-0.3, -0.25) is 0 Å². The molecule has 0 saturated carbocycles. The zero-order valence-corrected chi connectivity index (χ0v) is 13.3. The van der Waals surface area contributed by atoms with Crippen LogP contribution in [0.3, 0.4) is 0 Å². The van der Waals surface area contributed by atoms with Gasteiger partial charge in [0, 0.05) is 12.6 Å². The molecule has 20 heavy (non-hydrogen) atoms. The van der Waals surface area contributed by atoms with E-state index in [2.05, 4.69) is 18.6 Å². The summed E-state index contributed by atoms with van der Waals surface area (Å²) in [6.45, 7) is 6.31. The van der Waals surface area contributed by atoms with Crippen molar-refractivity contribution in [1.82, 2.24) is 4.72 Å². The molecule has 1 aromatic carbocycles. The maximum absolute atomic E-state index is 12.4. The molecule has 1 rings (SSSR count). The molecule has 0 bridgehead atoms. The minimum Gasteiger partial charge on any atom is -0.495 e. The van der Waals surface area contributed by atoms with Gasteiger partial charge in [0.1, 0.15) is 10.6 Å². The molecule has 0 saturated heterocycles. The molecule has 0 aliphatic rings. The minimum atomic E-state index is -3.59. The van der Waals surface area contributed by atoms with Crippen molar-refractivity contribution in [1.29, 1.82) is 0 Å². The van der Waals surface area contributed by atoms with Crippen molar-refractivity contribution in [2.75, 3.05) is 7.11 Å². The lowest BCUT2D eigenvalue weighted by molar-refractivity contribution is 0.401. The van der Waals surface area contributed by atoms with Crippen molar-refractivity contribution < 1.29 is 13.2 Å². The number of sulfonamides is 1. The molecular weight excluding hydrogens is 276 g/mol. The monoisotopic (exact) mass is 300 g/mol. The van der Waals surface area contributed by atoms with Crippen LogP contribution in [0.5, 0.6) is 5.75 Å². The van der Waals surface area contributed by atoms with Crippen LogP contribution in [0.2, 0.25) is 0 Å². The molecule has 1 atom stereocenters. The number of hydrogen-bond donors (Lipinski definition) is 2. The number of benzene rings is 1. The summed E-state index contributed by atoms with van der Waals surface area (Å²) in [6.07, 6.45) is 0.780. The van der Waals surface area contributed by atoms with Gasteiger partial charge in [-0.15, -0.1) is 0 Å². The van der Waals surface area contributed by atoms with Crippen LogP contribution in [0, 0.1) is 5.92 Å². The molecule has 3 N–H and O–H groups in total. The summed E-state index contributed by atoms with van der Waals surface area (Å²) in [5.41, 5.74) is 6.38. The van der Waals surface area contributed by atoms with Gasteiger partial charge >= 0.3 is 0 Å². The van der Waals surface area contributed by atoms with Crippen LogP contribution in [0.25, 0.3) is 0 Å². The maximum atomic E-state index is 12.4. The van der Waals surface area contributed by atoms with Gasteiger partial charge in [-0.25, -0.2) is 13.1 Å². The predicted octanol–water partition coefficient (Wildman–Crippen LogP) is 1.87. The van der Waals surface area contributed by atoms with Crippen molar-refractivity contribution in [3.8, 4) is 5.75 Å². The minimum absolute atomic E-state index is 0.126. The summed E-state index contributed by atoms with van der Waals surface area (Å²) in [4.78, 5) is 0.146. The molecule has 0 radical (unpaired) electrons. The number of hydrogen-bond acceptors (Lipinski definition) is 4. The van der Waals surface area contributed by atoms with Crippen LogP contribution < -0.4 is 15.2 Å². The van der Waals surface area contributed by atoms with E-state index in [0.29, 0.717) is 18.2 Å². The average Bonchev–Trinajstić information content (AvgIpc) is 2.36. The Bertz CT molecular complexity index is 541. The van der Waals surface area contributed by atoms with Crippen LogP contribution >= 0.6 is 0 Å². The number of rotatable bonds is 7. The second-order valence-corrected chi connectivity index (χ2v) is 7.02. The first-order valence-corrected chi connectivity index (χ1v) is 8.17. The van der Waals surface area contributed by atoms with Crippen LogP contribution in [0.4, 0.5) is 0 Å². The highest BCUT2D eigenvalue weighted by Crippen LogP contribution is 2.25. The molecule has 114 valence electrons. The third-order valence-electron chi connectivity index (χ3n) is 2.93. The molecule has 0 heterocycles. The fourth-order valence-electron chi connectivity index (χ4n) is 2.14. The van der Waals surface area contributed by atoms with Gasteiger partial charge < -0.3 is 10.5 Å². The van der Waals surface area contributed by atoms with Gasteiger partial charge in [0.2, 0.25) is 10.0 Å². The van der Waals surface area contributed by atoms with E-state index < -0.39 is 10.0 Å². The number of ether oxygens (including phenoxy) is 1. The molecule has 0 spiro atoms. The van der Waals surface area contributed by atoms with E-state index in [0.717, 1.165) is 12.0 Å². The summed E-state index contributed by atoms with van der Waals surface area (Å²) in [5, 5.41) is 0. The molecular formula is C14H24N2O3S. The Morgan fingerprint density at radius 3 is 2.45 bits per heavy atom. The third kappa shape index (κ3) is 4.47. The van der Waals surface area contributed by atoms with Crippen LogP contribution in [0.15, 0.2) is 23.1 Å². The summed E-state index contributed by atoms with van der Waals surface area (Å²) in [5.74, 6) is 0.742. The number of nitrogens with two attached hydrogens (primary N) is 1. The topological polar surface area (TPSA) is 81.4 Å². The van der Waals surface area contributed by atoms with Crippen molar-refractivity contribution >= 4 is 10.0 Å². The first-order chi connectivity index (χ1) is 9.30. The van der Waals surface area contributed by atoms with Gasteiger partial charge in [-0.1, -0.05) is 19.9 Å². The Hall–Kier alpha value is -1.11. The predicted molar refractivity (Wildman–Crippen MR) is 80.1 cm³/mol. The average molecular weight is 300 g/mol. The summed E-state index contributed by atoms with van der Waals surface area (Å²) in [6, 6.07) is 4.76. The van der Waals surface area contributed by atoms with Crippen molar-refractivity contribution in [2.24, 2.45) is 11.7 Å². The molecule has 0 aromatic heterocycles. The second-order valence-electron chi connectivity index (χ2n) is 5.34. The fraction of sp³-hybridized carbons (Fsp3) is 0.571. The largest absolute Gasteiger partial charge is 0.495 e. The van der Waals surface area contributed by atoms with E-state index in [1.807, 2.05) is 6.92 Å². The Labute approximate surface area is 121 Å². The van der Waals surface area contributed by atoms with Gasteiger partial charge in [-0.05, 0) is 37.0 Å². The molecule has 0 fully saturated rings. The highest BCUT2D eigenvalue weighted by Gasteiger charge is 2.22. The smallest absolute Gasteiger partial charge is 0.244 e. The lowest BCUT2D eigenvalue weighted by Gasteiger charge is -2.17. The third-order valence-corrected chi connectivity index (χ3v) is 4.56. The Morgan fingerprint density at radius 2 is 1.95 bits per heavy atom. The molecule has 1 unspecified atom stereocenters. The summed E-state index contributed by atoms with van der Waals surface area (Å²) in [7, 11) is -2.14. The van der Waals surface area contributed by atoms with E-state index in [9.17, 15) is 8.42 Å². The van der Waals surface area contributed by atoms with E-state index in [-0.39, 0.29) is 10.9 Å². The first-order valence-electron chi connectivity index (χ1n) is 6.69. The standard InChI is InChI=1S/C14H24N2O3S/c1-10(2)7-11(3)16-20(17,18)14-6-5-12(9-15)8-13(14)19-4/h5-6,8,10-11,16H,7,9,15H2,1-4H3. The van der Waals surface area contributed by atoms with Crippen molar-refractivity contribution in [3.63, 3.8) is 0 Å². The summed E-state index contributed by atoms with van der Waals surface area (Å²) < 4.78 is 32.6. The van der Waals surface area contributed by atoms with Gasteiger partial charge in [-0.2, -0.15) is 0 Å². The zero-order chi connectivity index (χ0) is 15.3.